The van der Waals surface area contributed by atoms with Crippen molar-refractivity contribution in [3.05, 3.63) is 114 Å². The van der Waals surface area contributed by atoms with Crippen LogP contribution in [0.15, 0.2) is 91.3 Å². The summed E-state index contributed by atoms with van der Waals surface area (Å²) in [6.45, 7) is -1.39. The van der Waals surface area contributed by atoms with E-state index >= 15 is 0 Å². The number of aryl methyl sites for hydroxylation is 1. The van der Waals surface area contributed by atoms with Crippen LogP contribution in [0.1, 0.15) is 46.3 Å². The molecule has 1 heterocycles. The summed E-state index contributed by atoms with van der Waals surface area (Å²) in [4.78, 5) is 34.3. The summed E-state index contributed by atoms with van der Waals surface area (Å²) in [6.07, 6.45) is 0.958. The van der Waals surface area contributed by atoms with Gasteiger partial charge in [0.15, 0.2) is 0 Å². The molecule has 0 saturated heterocycles. The summed E-state index contributed by atoms with van der Waals surface area (Å²) in [5, 5.41) is 4.82. The maximum Gasteiger partial charge on any atom is 0.405 e. The molecule has 6 nitrogen and oxygen atoms in total. The normalized spacial score (nSPS) is 13.3. The third-order valence-electron chi connectivity index (χ3n) is 7.13. The Morgan fingerprint density at radius 2 is 1.35 bits per heavy atom. The SMILES string of the molecule is O=C(Nc1ncc(CCCCC2(C(=O)NCC(F)(F)F)c3ccccc3-c3ccccc32)cn1)c1ccccc1. The molecule has 0 bridgehead atoms. The lowest BCUT2D eigenvalue weighted by molar-refractivity contribution is -0.141. The van der Waals surface area contributed by atoms with Crippen molar-refractivity contribution < 1.29 is 22.8 Å². The summed E-state index contributed by atoms with van der Waals surface area (Å²) < 4.78 is 39.1. The van der Waals surface area contributed by atoms with Crippen LogP contribution in [0.2, 0.25) is 0 Å². The highest BCUT2D eigenvalue weighted by Crippen LogP contribution is 2.51. The number of aromatic nitrogens is 2. The van der Waals surface area contributed by atoms with Crippen LogP contribution < -0.4 is 10.6 Å². The molecule has 5 rings (SSSR count). The monoisotopic (exact) mass is 544 g/mol. The van der Waals surface area contributed by atoms with Gasteiger partial charge in [0.05, 0.1) is 0 Å². The lowest BCUT2D eigenvalue weighted by atomic mass is 9.73. The number of amides is 2. The Morgan fingerprint density at radius 3 is 1.95 bits per heavy atom. The number of carbonyl (C=O) groups is 2. The topological polar surface area (TPSA) is 84.0 Å². The Labute approximate surface area is 229 Å². The fraction of sp³-hybridized carbons (Fsp3) is 0.226. The van der Waals surface area contributed by atoms with Crippen LogP contribution in [0.5, 0.6) is 0 Å². The fourth-order valence-electron chi connectivity index (χ4n) is 5.32. The zero-order valence-electron chi connectivity index (χ0n) is 21.5. The molecule has 1 aliphatic rings. The number of unbranched alkanes of at least 4 members (excludes halogenated alkanes) is 1. The number of carbonyl (C=O) groups excluding carboxylic acids is 2. The van der Waals surface area contributed by atoms with Crippen molar-refractivity contribution in [1.82, 2.24) is 15.3 Å². The van der Waals surface area contributed by atoms with Crippen molar-refractivity contribution >= 4 is 17.8 Å². The Balaban J connectivity index is 1.29. The third kappa shape index (κ3) is 5.59. The number of alkyl halides is 3. The minimum absolute atomic E-state index is 0.192. The van der Waals surface area contributed by atoms with E-state index in [0.29, 0.717) is 31.2 Å². The third-order valence-corrected chi connectivity index (χ3v) is 7.13. The first-order valence-electron chi connectivity index (χ1n) is 13.0. The molecule has 0 spiro atoms. The highest BCUT2D eigenvalue weighted by molar-refractivity contribution is 6.03. The van der Waals surface area contributed by atoms with Gasteiger partial charge in [-0.2, -0.15) is 13.2 Å². The van der Waals surface area contributed by atoms with E-state index in [2.05, 4.69) is 20.6 Å². The number of nitrogens with zero attached hydrogens (tertiary/aromatic N) is 2. The van der Waals surface area contributed by atoms with E-state index in [-0.39, 0.29) is 11.9 Å². The van der Waals surface area contributed by atoms with Gasteiger partial charge in [0.1, 0.15) is 12.0 Å². The Morgan fingerprint density at radius 1 is 0.775 bits per heavy atom. The van der Waals surface area contributed by atoms with Crippen LogP contribution in [0.3, 0.4) is 0 Å². The largest absolute Gasteiger partial charge is 0.405 e. The van der Waals surface area contributed by atoms with Crippen LogP contribution in [0.4, 0.5) is 19.1 Å². The number of benzene rings is 3. The minimum atomic E-state index is -4.51. The van der Waals surface area contributed by atoms with Gasteiger partial charge in [0.2, 0.25) is 11.9 Å². The van der Waals surface area contributed by atoms with Crippen LogP contribution in [-0.4, -0.2) is 34.5 Å². The van der Waals surface area contributed by atoms with E-state index in [0.717, 1.165) is 27.8 Å². The highest BCUT2D eigenvalue weighted by Gasteiger charge is 2.49. The molecule has 0 atom stereocenters. The fourth-order valence-corrected chi connectivity index (χ4v) is 5.32. The molecule has 1 aromatic heterocycles. The first kappa shape index (κ1) is 27.1. The van der Waals surface area contributed by atoms with Crippen molar-refractivity contribution in [3.63, 3.8) is 0 Å². The van der Waals surface area contributed by atoms with Gasteiger partial charge in [-0.1, -0.05) is 73.2 Å². The second-order valence-electron chi connectivity index (χ2n) is 9.74. The Bertz CT molecular complexity index is 1460. The molecule has 0 aliphatic heterocycles. The van der Waals surface area contributed by atoms with Crippen molar-refractivity contribution in [2.24, 2.45) is 0 Å². The van der Waals surface area contributed by atoms with Gasteiger partial charge in [-0.25, -0.2) is 9.97 Å². The molecule has 3 aromatic carbocycles. The summed E-state index contributed by atoms with van der Waals surface area (Å²) >= 11 is 0. The molecule has 0 unspecified atom stereocenters. The van der Waals surface area contributed by atoms with E-state index in [4.69, 9.17) is 0 Å². The predicted octanol–water partition coefficient (Wildman–Crippen LogP) is 6.09. The van der Waals surface area contributed by atoms with E-state index in [1.807, 2.05) is 54.6 Å². The van der Waals surface area contributed by atoms with Gasteiger partial charge in [-0.05, 0) is 59.2 Å². The smallest absolute Gasteiger partial charge is 0.346 e. The summed E-state index contributed by atoms with van der Waals surface area (Å²) in [7, 11) is 0. The molecule has 4 aromatic rings. The van der Waals surface area contributed by atoms with E-state index in [9.17, 15) is 22.8 Å². The van der Waals surface area contributed by atoms with Gasteiger partial charge in [0.25, 0.3) is 5.91 Å². The van der Waals surface area contributed by atoms with E-state index < -0.39 is 24.0 Å². The standard InChI is InChI=1S/C31H27F3N4O2/c32-31(33,34)20-37-28(40)30(25-15-6-4-13-23(25)24-14-5-7-16-26(24)30)17-9-8-10-21-18-35-29(36-19-21)38-27(39)22-11-2-1-3-12-22/h1-7,11-16,18-19H,8-10,17,20H2,(H,37,40)(H,35,36,38,39). The zero-order valence-corrected chi connectivity index (χ0v) is 21.5. The minimum Gasteiger partial charge on any atom is -0.346 e. The molecule has 2 N–H and O–H groups in total. The number of halogens is 3. The van der Waals surface area contributed by atoms with Gasteiger partial charge in [-0.3, -0.25) is 14.9 Å². The maximum absolute atomic E-state index is 13.6. The number of nitrogens with one attached hydrogen (secondary N) is 2. The average Bonchev–Trinajstić information content (AvgIpc) is 3.26. The number of hydrogen-bond acceptors (Lipinski definition) is 4. The van der Waals surface area contributed by atoms with Crippen molar-refractivity contribution in [2.45, 2.75) is 37.3 Å². The molecule has 2 amide bonds. The lowest BCUT2D eigenvalue weighted by Crippen LogP contribution is -2.47. The highest BCUT2D eigenvalue weighted by atomic mass is 19.4. The molecular formula is C31H27F3N4O2. The average molecular weight is 545 g/mol. The number of rotatable bonds is 9. The first-order chi connectivity index (χ1) is 19.3. The van der Waals surface area contributed by atoms with Crippen LogP contribution >= 0.6 is 0 Å². The second kappa shape index (κ2) is 11.3. The molecule has 0 radical (unpaired) electrons. The van der Waals surface area contributed by atoms with Crippen molar-refractivity contribution in [1.29, 1.82) is 0 Å². The predicted molar refractivity (Wildman–Crippen MR) is 146 cm³/mol. The molecule has 1 aliphatic carbocycles. The van der Waals surface area contributed by atoms with E-state index in [1.165, 1.54) is 0 Å². The van der Waals surface area contributed by atoms with Crippen LogP contribution in [0, 0.1) is 0 Å². The van der Waals surface area contributed by atoms with E-state index in [1.54, 1.807) is 36.7 Å². The molecule has 9 heteroatoms. The quantitative estimate of drug-likeness (QED) is 0.250. The second-order valence-corrected chi connectivity index (χ2v) is 9.74. The number of anilines is 1. The van der Waals surface area contributed by atoms with Gasteiger partial charge in [0, 0.05) is 18.0 Å². The van der Waals surface area contributed by atoms with Crippen LogP contribution in [0.25, 0.3) is 11.1 Å². The summed E-state index contributed by atoms with van der Waals surface area (Å²) in [5.74, 6) is -0.763. The summed E-state index contributed by atoms with van der Waals surface area (Å²) in [6, 6.07) is 23.6. The van der Waals surface area contributed by atoms with Gasteiger partial charge in [-0.15, -0.1) is 0 Å². The number of fused-ring (bicyclic) bond motifs is 3. The Kier molecular flexibility index (Phi) is 7.64. The van der Waals surface area contributed by atoms with Gasteiger partial charge >= 0.3 is 6.18 Å². The Hall–Kier alpha value is -4.53. The zero-order chi connectivity index (χ0) is 28.2. The van der Waals surface area contributed by atoms with Crippen LogP contribution in [-0.2, 0) is 16.6 Å². The number of hydrogen-bond donors (Lipinski definition) is 2. The molecule has 40 heavy (non-hydrogen) atoms. The molecule has 204 valence electrons. The molecule has 0 saturated carbocycles. The van der Waals surface area contributed by atoms with Gasteiger partial charge < -0.3 is 5.32 Å². The van der Waals surface area contributed by atoms with Crippen molar-refractivity contribution in [2.75, 3.05) is 11.9 Å². The lowest BCUT2D eigenvalue weighted by Gasteiger charge is -2.31. The van der Waals surface area contributed by atoms with Crippen molar-refractivity contribution in [3.8, 4) is 11.1 Å². The maximum atomic E-state index is 13.6. The molecular weight excluding hydrogens is 517 g/mol. The summed E-state index contributed by atoms with van der Waals surface area (Å²) in [5.41, 5.74) is 3.29. The first-order valence-corrected chi connectivity index (χ1v) is 13.0. The molecule has 0 fully saturated rings.